The van der Waals surface area contributed by atoms with Crippen molar-refractivity contribution in [2.45, 2.75) is 32.7 Å². The molecule has 106 valence electrons. The number of aromatic nitrogens is 1. The fourth-order valence-corrected chi connectivity index (χ4v) is 2.01. The smallest absolute Gasteiger partial charge is 0.277 e. The van der Waals surface area contributed by atoms with Gasteiger partial charge in [-0.25, -0.2) is 5.01 Å². The van der Waals surface area contributed by atoms with Crippen LogP contribution in [0.3, 0.4) is 0 Å². The van der Waals surface area contributed by atoms with E-state index in [-0.39, 0.29) is 5.91 Å². The van der Waals surface area contributed by atoms with Gasteiger partial charge >= 0.3 is 0 Å². The molecule has 0 aliphatic carbocycles. The highest BCUT2D eigenvalue weighted by Gasteiger charge is 2.22. The largest absolute Gasteiger partial charge is 0.382 e. The fourth-order valence-electron chi connectivity index (χ4n) is 2.01. The summed E-state index contributed by atoms with van der Waals surface area (Å²) < 4.78 is 0. The van der Waals surface area contributed by atoms with Crippen molar-refractivity contribution in [1.82, 2.24) is 15.3 Å². The van der Waals surface area contributed by atoms with Crippen LogP contribution in [-0.4, -0.2) is 29.2 Å². The maximum atomic E-state index is 12.0. The standard InChI is InChI=1S/C15H20N4O/c1-3-4-8-14(13-11-18-19(2)15(13)20)17-10-12-7-5-6-9-16-12/h5-7,9,11,17H,3-4,8,10H2,1-2H3. The van der Waals surface area contributed by atoms with Crippen LogP contribution in [0.1, 0.15) is 31.9 Å². The van der Waals surface area contributed by atoms with Crippen LogP contribution in [0.4, 0.5) is 0 Å². The van der Waals surface area contributed by atoms with Gasteiger partial charge in [0.25, 0.3) is 5.91 Å². The first-order valence-electron chi connectivity index (χ1n) is 6.91. The predicted molar refractivity (Wildman–Crippen MR) is 78.9 cm³/mol. The first kappa shape index (κ1) is 14.2. The number of pyridine rings is 1. The van der Waals surface area contributed by atoms with E-state index in [1.165, 1.54) is 5.01 Å². The Morgan fingerprint density at radius 1 is 1.40 bits per heavy atom. The third-order valence-corrected chi connectivity index (χ3v) is 3.20. The summed E-state index contributed by atoms with van der Waals surface area (Å²) in [6, 6.07) is 5.81. The lowest BCUT2D eigenvalue weighted by Crippen LogP contribution is -2.22. The molecule has 0 aromatic carbocycles. The SMILES string of the molecule is CCCCC(NCc1ccccn1)=C1C=NN(C)C1=O. The Morgan fingerprint density at radius 3 is 2.85 bits per heavy atom. The molecule has 1 amide bonds. The van der Waals surface area contributed by atoms with Crippen LogP contribution in [0.5, 0.6) is 0 Å². The number of nitrogens with zero attached hydrogens (tertiary/aromatic N) is 3. The highest BCUT2D eigenvalue weighted by Crippen LogP contribution is 2.15. The molecule has 20 heavy (non-hydrogen) atoms. The minimum absolute atomic E-state index is 0.0513. The Labute approximate surface area is 119 Å². The number of rotatable bonds is 6. The lowest BCUT2D eigenvalue weighted by Gasteiger charge is -2.13. The molecular formula is C15H20N4O. The quantitative estimate of drug-likeness (QED) is 0.807. The van der Waals surface area contributed by atoms with Gasteiger partial charge in [-0.3, -0.25) is 9.78 Å². The van der Waals surface area contributed by atoms with Crippen LogP contribution in [0.25, 0.3) is 0 Å². The summed E-state index contributed by atoms with van der Waals surface area (Å²) in [7, 11) is 1.67. The Hall–Kier alpha value is -2.17. The summed E-state index contributed by atoms with van der Waals surface area (Å²) in [5, 5.41) is 8.73. The predicted octanol–water partition coefficient (Wildman–Crippen LogP) is 2.07. The van der Waals surface area contributed by atoms with Crippen LogP contribution in [0.2, 0.25) is 0 Å². The molecule has 0 atom stereocenters. The van der Waals surface area contributed by atoms with Crippen LogP contribution in [-0.2, 0) is 11.3 Å². The van der Waals surface area contributed by atoms with Gasteiger partial charge in [-0.1, -0.05) is 19.4 Å². The molecule has 5 heteroatoms. The highest BCUT2D eigenvalue weighted by molar-refractivity contribution is 6.15. The van der Waals surface area contributed by atoms with Crippen LogP contribution in [0.15, 0.2) is 40.8 Å². The highest BCUT2D eigenvalue weighted by atomic mass is 16.2. The number of hydrogen-bond acceptors (Lipinski definition) is 4. The molecule has 0 spiro atoms. The molecule has 1 aliphatic heterocycles. The molecule has 1 N–H and O–H groups in total. The zero-order chi connectivity index (χ0) is 14.4. The summed E-state index contributed by atoms with van der Waals surface area (Å²) in [5.74, 6) is -0.0513. The van der Waals surface area contributed by atoms with Gasteiger partial charge in [-0.2, -0.15) is 5.10 Å². The molecule has 1 aliphatic rings. The number of carbonyl (C=O) groups excluding carboxylic acids is 1. The lowest BCUT2D eigenvalue weighted by atomic mass is 10.1. The molecule has 0 unspecified atom stereocenters. The average molecular weight is 272 g/mol. The normalized spacial score (nSPS) is 16.7. The van der Waals surface area contributed by atoms with E-state index in [1.54, 1.807) is 19.5 Å². The Bertz CT molecular complexity index is 522. The topological polar surface area (TPSA) is 57.6 Å². The van der Waals surface area contributed by atoms with Crippen molar-refractivity contribution in [3.63, 3.8) is 0 Å². The van der Waals surface area contributed by atoms with Gasteiger partial charge in [-0.15, -0.1) is 0 Å². The number of allylic oxidation sites excluding steroid dienone is 1. The van der Waals surface area contributed by atoms with E-state index in [0.29, 0.717) is 12.1 Å². The summed E-state index contributed by atoms with van der Waals surface area (Å²) in [4.78, 5) is 16.3. The van der Waals surface area contributed by atoms with Crippen molar-refractivity contribution in [1.29, 1.82) is 0 Å². The number of hydrogen-bond donors (Lipinski definition) is 1. The van der Waals surface area contributed by atoms with Crippen molar-refractivity contribution in [2.24, 2.45) is 5.10 Å². The summed E-state index contributed by atoms with van der Waals surface area (Å²) in [5.41, 5.74) is 2.57. The second-order valence-electron chi connectivity index (χ2n) is 4.74. The monoisotopic (exact) mass is 272 g/mol. The minimum atomic E-state index is -0.0513. The number of unbranched alkanes of at least 4 members (excludes halogenated alkanes) is 1. The second-order valence-corrected chi connectivity index (χ2v) is 4.74. The number of amides is 1. The van der Waals surface area contributed by atoms with Gasteiger partial charge in [0.2, 0.25) is 0 Å². The van der Waals surface area contributed by atoms with E-state index in [9.17, 15) is 4.79 Å². The molecule has 2 heterocycles. The number of carbonyl (C=O) groups is 1. The van der Waals surface area contributed by atoms with Gasteiger partial charge < -0.3 is 5.32 Å². The Balaban J connectivity index is 2.10. The third kappa shape index (κ3) is 3.44. The van der Waals surface area contributed by atoms with E-state index < -0.39 is 0 Å². The number of nitrogens with one attached hydrogen (secondary N) is 1. The number of likely N-dealkylation sites (N-methyl/N-ethyl adjacent to an activating group) is 1. The van der Waals surface area contributed by atoms with Gasteiger partial charge in [0, 0.05) is 18.9 Å². The van der Waals surface area contributed by atoms with Gasteiger partial charge in [-0.05, 0) is 25.0 Å². The molecule has 0 radical (unpaired) electrons. The summed E-state index contributed by atoms with van der Waals surface area (Å²) in [6.07, 6.45) is 6.39. The molecule has 0 bridgehead atoms. The van der Waals surface area contributed by atoms with Crippen LogP contribution >= 0.6 is 0 Å². The third-order valence-electron chi connectivity index (χ3n) is 3.20. The molecule has 0 saturated heterocycles. The van der Waals surface area contributed by atoms with E-state index in [4.69, 9.17) is 0 Å². The second kappa shape index (κ2) is 6.84. The van der Waals surface area contributed by atoms with Crippen LogP contribution < -0.4 is 5.32 Å². The van der Waals surface area contributed by atoms with Crippen molar-refractivity contribution < 1.29 is 4.79 Å². The Kier molecular flexibility index (Phi) is 4.87. The van der Waals surface area contributed by atoms with Gasteiger partial charge in [0.05, 0.1) is 24.0 Å². The molecule has 0 saturated carbocycles. The van der Waals surface area contributed by atoms with Crippen LogP contribution in [0, 0.1) is 0 Å². The van der Waals surface area contributed by atoms with E-state index in [2.05, 4.69) is 22.3 Å². The zero-order valence-electron chi connectivity index (χ0n) is 12.0. The maximum absolute atomic E-state index is 12.0. The first-order valence-corrected chi connectivity index (χ1v) is 6.91. The van der Waals surface area contributed by atoms with Gasteiger partial charge in [0.1, 0.15) is 0 Å². The summed E-state index contributed by atoms with van der Waals surface area (Å²) >= 11 is 0. The average Bonchev–Trinajstić information content (AvgIpc) is 2.81. The van der Waals surface area contributed by atoms with Crippen molar-refractivity contribution in [3.05, 3.63) is 41.4 Å². The molecule has 0 fully saturated rings. The molecule has 5 nitrogen and oxygen atoms in total. The van der Waals surface area contributed by atoms with E-state index in [1.807, 2.05) is 18.2 Å². The molecule has 1 aromatic rings. The summed E-state index contributed by atoms with van der Waals surface area (Å²) in [6.45, 7) is 2.76. The number of hydrazone groups is 1. The maximum Gasteiger partial charge on any atom is 0.277 e. The van der Waals surface area contributed by atoms with Gasteiger partial charge in [0.15, 0.2) is 0 Å². The van der Waals surface area contributed by atoms with Crippen molar-refractivity contribution in [2.75, 3.05) is 7.05 Å². The van der Waals surface area contributed by atoms with E-state index in [0.717, 1.165) is 30.7 Å². The van der Waals surface area contributed by atoms with Crippen molar-refractivity contribution >= 4 is 12.1 Å². The fraction of sp³-hybridized carbons (Fsp3) is 0.400. The Morgan fingerprint density at radius 2 is 2.25 bits per heavy atom. The first-order chi connectivity index (χ1) is 9.72. The van der Waals surface area contributed by atoms with Crippen molar-refractivity contribution in [3.8, 4) is 0 Å². The molecule has 2 rings (SSSR count). The minimum Gasteiger partial charge on any atom is -0.382 e. The van der Waals surface area contributed by atoms with E-state index >= 15 is 0 Å². The lowest BCUT2D eigenvalue weighted by molar-refractivity contribution is -0.124. The molecular weight excluding hydrogens is 252 g/mol. The zero-order valence-corrected chi connectivity index (χ0v) is 12.0. The molecule has 1 aromatic heterocycles.